The maximum absolute atomic E-state index is 12.7. The fraction of sp³-hybridized carbons (Fsp3) is 0.308. The summed E-state index contributed by atoms with van der Waals surface area (Å²) in [7, 11) is 0. The van der Waals surface area contributed by atoms with Crippen molar-refractivity contribution in [2.24, 2.45) is 0 Å². The van der Waals surface area contributed by atoms with Gasteiger partial charge < -0.3 is 4.74 Å². The van der Waals surface area contributed by atoms with Gasteiger partial charge in [0.1, 0.15) is 11.4 Å². The highest BCUT2D eigenvalue weighted by molar-refractivity contribution is 5.87. The van der Waals surface area contributed by atoms with Crippen molar-refractivity contribution in [2.75, 3.05) is 0 Å². The Labute approximate surface area is 94.7 Å². The number of hydrogen-bond acceptors (Lipinski definition) is 2. The molecule has 0 aromatic heterocycles. The van der Waals surface area contributed by atoms with Crippen LogP contribution in [-0.2, 0) is 15.1 Å². The van der Waals surface area contributed by atoms with Crippen LogP contribution < -0.4 is 0 Å². The first-order chi connectivity index (χ1) is 7.33. The van der Waals surface area contributed by atoms with Crippen molar-refractivity contribution in [3.8, 4) is 0 Å². The first-order valence-electron chi connectivity index (χ1n) is 4.98. The van der Waals surface area contributed by atoms with Gasteiger partial charge in [-0.25, -0.2) is 9.18 Å². The molecule has 1 aromatic rings. The topological polar surface area (TPSA) is 26.3 Å². The molecule has 0 amide bonds. The number of halogens is 1. The quantitative estimate of drug-likeness (QED) is 0.580. The van der Waals surface area contributed by atoms with Gasteiger partial charge in [-0.15, -0.1) is 0 Å². The van der Waals surface area contributed by atoms with E-state index in [0.717, 1.165) is 5.56 Å². The Hall–Kier alpha value is -1.64. The SMILES string of the molecule is C=C(C)C(=O)OC(C)(C)c1ccc(F)cc1. The lowest BCUT2D eigenvalue weighted by molar-refractivity contribution is -0.152. The van der Waals surface area contributed by atoms with Crippen LogP contribution in [0.15, 0.2) is 36.4 Å². The predicted molar refractivity (Wildman–Crippen MR) is 60.3 cm³/mol. The molecule has 0 saturated carbocycles. The maximum atomic E-state index is 12.7. The van der Waals surface area contributed by atoms with Crippen LogP contribution in [0.5, 0.6) is 0 Å². The molecule has 0 saturated heterocycles. The zero-order valence-electron chi connectivity index (χ0n) is 9.71. The standard InChI is InChI=1S/C13H15FO2/c1-9(2)12(15)16-13(3,4)10-5-7-11(14)8-6-10/h5-8H,1H2,2-4H3. The summed E-state index contributed by atoms with van der Waals surface area (Å²) in [6.07, 6.45) is 0. The molecule has 2 nitrogen and oxygen atoms in total. The van der Waals surface area contributed by atoms with Gasteiger partial charge in [0.05, 0.1) is 0 Å². The van der Waals surface area contributed by atoms with Crippen LogP contribution in [0.4, 0.5) is 4.39 Å². The van der Waals surface area contributed by atoms with Gasteiger partial charge >= 0.3 is 5.97 Å². The third-order valence-corrected chi connectivity index (χ3v) is 2.24. The summed E-state index contributed by atoms with van der Waals surface area (Å²) < 4.78 is 18.0. The number of carbonyl (C=O) groups excluding carboxylic acids is 1. The molecule has 16 heavy (non-hydrogen) atoms. The summed E-state index contributed by atoms with van der Waals surface area (Å²) >= 11 is 0. The van der Waals surface area contributed by atoms with E-state index in [2.05, 4.69) is 6.58 Å². The van der Waals surface area contributed by atoms with Crippen molar-refractivity contribution in [1.29, 1.82) is 0 Å². The molecule has 0 fully saturated rings. The fourth-order valence-electron chi connectivity index (χ4n) is 1.23. The largest absolute Gasteiger partial charge is 0.451 e. The van der Waals surface area contributed by atoms with Crippen molar-refractivity contribution in [2.45, 2.75) is 26.4 Å². The molecule has 0 aliphatic carbocycles. The normalized spacial score (nSPS) is 11.0. The lowest BCUT2D eigenvalue weighted by atomic mass is 9.98. The van der Waals surface area contributed by atoms with E-state index in [0.29, 0.717) is 5.57 Å². The van der Waals surface area contributed by atoms with Crippen LogP contribution in [0.1, 0.15) is 26.3 Å². The minimum absolute atomic E-state index is 0.314. The van der Waals surface area contributed by atoms with Gasteiger partial charge in [0.25, 0.3) is 0 Å². The highest BCUT2D eigenvalue weighted by Gasteiger charge is 2.25. The van der Waals surface area contributed by atoms with E-state index in [9.17, 15) is 9.18 Å². The molecule has 0 aliphatic heterocycles. The van der Waals surface area contributed by atoms with Gasteiger partial charge in [0, 0.05) is 5.57 Å². The molecule has 0 unspecified atom stereocenters. The lowest BCUT2D eigenvalue weighted by Gasteiger charge is -2.25. The van der Waals surface area contributed by atoms with E-state index in [1.165, 1.54) is 12.1 Å². The molecule has 1 aromatic carbocycles. The van der Waals surface area contributed by atoms with E-state index >= 15 is 0 Å². The number of ether oxygens (including phenoxy) is 1. The van der Waals surface area contributed by atoms with Crippen molar-refractivity contribution in [3.63, 3.8) is 0 Å². The van der Waals surface area contributed by atoms with E-state index < -0.39 is 11.6 Å². The Balaban J connectivity index is 2.89. The van der Waals surface area contributed by atoms with Gasteiger partial charge in [-0.2, -0.15) is 0 Å². The molecule has 3 heteroatoms. The summed E-state index contributed by atoms with van der Waals surface area (Å²) in [5.74, 6) is -0.764. The zero-order chi connectivity index (χ0) is 12.3. The second-order valence-corrected chi connectivity index (χ2v) is 4.19. The molecule has 86 valence electrons. The van der Waals surface area contributed by atoms with Crippen LogP contribution in [-0.4, -0.2) is 5.97 Å². The third kappa shape index (κ3) is 2.92. The average Bonchev–Trinajstić information content (AvgIpc) is 2.17. The minimum Gasteiger partial charge on any atom is -0.451 e. The molecule has 1 rings (SSSR count). The molecule has 0 spiro atoms. The van der Waals surface area contributed by atoms with Gasteiger partial charge in [-0.05, 0) is 38.5 Å². The summed E-state index contributed by atoms with van der Waals surface area (Å²) in [4.78, 5) is 11.4. The Morgan fingerprint density at radius 3 is 2.25 bits per heavy atom. The summed E-state index contributed by atoms with van der Waals surface area (Å²) in [6, 6.07) is 5.87. The molecule has 0 bridgehead atoms. The highest BCUT2D eigenvalue weighted by atomic mass is 19.1. The summed E-state index contributed by atoms with van der Waals surface area (Å²) in [6.45, 7) is 8.60. The van der Waals surface area contributed by atoms with E-state index in [-0.39, 0.29) is 5.82 Å². The van der Waals surface area contributed by atoms with Crippen LogP contribution in [0, 0.1) is 5.82 Å². The van der Waals surface area contributed by atoms with Crippen LogP contribution in [0.2, 0.25) is 0 Å². The van der Waals surface area contributed by atoms with Gasteiger partial charge in [-0.1, -0.05) is 18.7 Å². The van der Waals surface area contributed by atoms with Crippen LogP contribution in [0.3, 0.4) is 0 Å². The summed E-state index contributed by atoms with van der Waals surface area (Å²) in [5.41, 5.74) is 0.294. The molecule has 0 atom stereocenters. The monoisotopic (exact) mass is 222 g/mol. The lowest BCUT2D eigenvalue weighted by Crippen LogP contribution is -2.25. The van der Waals surface area contributed by atoms with Crippen molar-refractivity contribution in [1.82, 2.24) is 0 Å². The molecular weight excluding hydrogens is 207 g/mol. The number of esters is 1. The van der Waals surface area contributed by atoms with Crippen molar-refractivity contribution in [3.05, 3.63) is 47.8 Å². The highest BCUT2D eigenvalue weighted by Crippen LogP contribution is 2.25. The van der Waals surface area contributed by atoms with E-state index in [1.54, 1.807) is 32.9 Å². The zero-order valence-corrected chi connectivity index (χ0v) is 9.71. The van der Waals surface area contributed by atoms with Crippen molar-refractivity contribution >= 4 is 5.97 Å². The molecule has 0 N–H and O–H groups in total. The number of carbonyl (C=O) groups is 1. The maximum Gasteiger partial charge on any atom is 0.333 e. The summed E-state index contributed by atoms with van der Waals surface area (Å²) in [5, 5.41) is 0. The van der Waals surface area contributed by atoms with Crippen LogP contribution in [0.25, 0.3) is 0 Å². The third-order valence-electron chi connectivity index (χ3n) is 2.24. The Bertz CT molecular complexity index is 404. The number of benzene rings is 1. The molecule has 0 heterocycles. The van der Waals surface area contributed by atoms with Gasteiger partial charge in [0.2, 0.25) is 0 Å². The number of rotatable bonds is 3. The van der Waals surface area contributed by atoms with E-state index in [1.807, 2.05) is 0 Å². The average molecular weight is 222 g/mol. The Kier molecular flexibility index (Phi) is 3.48. The molecular formula is C13H15FO2. The fourth-order valence-corrected chi connectivity index (χ4v) is 1.23. The van der Waals surface area contributed by atoms with Crippen LogP contribution >= 0.6 is 0 Å². The van der Waals surface area contributed by atoms with Gasteiger partial charge in [0.15, 0.2) is 0 Å². The molecule has 0 radical (unpaired) electrons. The predicted octanol–water partition coefficient (Wildman–Crippen LogP) is 3.18. The second-order valence-electron chi connectivity index (χ2n) is 4.19. The second kappa shape index (κ2) is 4.47. The minimum atomic E-state index is -0.788. The molecule has 0 aliphatic rings. The first-order valence-corrected chi connectivity index (χ1v) is 4.98. The Morgan fingerprint density at radius 2 is 1.81 bits per heavy atom. The van der Waals surface area contributed by atoms with Crippen molar-refractivity contribution < 1.29 is 13.9 Å². The first kappa shape index (κ1) is 12.4. The smallest absolute Gasteiger partial charge is 0.333 e. The van der Waals surface area contributed by atoms with Gasteiger partial charge in [-0.3, -0.25) is 0 Å². The Morgan fingerprint density at radius 1 is 1.31 bits per heavy atom. The number of hydrogen-bond donors (Lipinski definition) is 0. The van der Waals surface area contributed by atoms with E-state index in [4.69, 9.17) is 4.74 Å².